The molecule has 15 heteroatoms. The van der Waals surface area contributed by atoms with E-state index in [1.165, 1.54) is 33.4 Å². The van der Waals surface area contributed by atoms with Gasteiger partial charge in [0.05, 0.1) is 33.1 Å². The molecular formula is C22H21N7O7S. The standard InChI is InChI=1S/C22H21N7O7S/c1-12-17(20(30)36-4)19(29(27-12)18-14-8-6-5-7-13(14)9-10-23-18)37(32,33)28-22(31)26-21-24-15(34-2)11-16(25-21)35-3/h5-11H,1-4H3,(H2,24,25,26,28,31). The number of sulfonamides is 1. The maximum Gasteiger partial charge on any atom is 0.342 e. The molecule has 3 aromatic heterocycles. The second-order valence-corrected chi connectivity index (χ2v) is 8.96. The fourth-order valence-corrected chi connectivity index (χ4v) is 4.72. The Morgan fingerprint density at radius 3 is 2.32 bits per heavy atom. The number of ether oxygens (including phenoxy) is 3. The lowest BCUT2D eigenvalue weighted by Crippen LogP contribution is -2.36. The van der Waals surface area contributed by atoms with Crippen LogP contribution >= 0.6 is 0 Å². The molecule has 0 unspecified atom stereocenters. The van der Waals surface area contributed by atoms with E-state index in [-0.39, 0.29) is 34.8 Å². The molecule has 0 saturated heterocycles. The molecule has 0 aliphatic carbocycles. The number of hydrogen-bond donors (Lipinski definition) is 2. The van der Waals surface area contributed by atoms with Crippen LogP contribution in [0, 0.1) is 6.92 Å². The third-order valence-corrected chi connectivity index (χ3v) is 6.41. The van der Waals surface area contributed by atoms with Gasteiger partial charge in [-0.1, -0.05) is 24.3 Å². The van der Waals surface area contributed by atoms with E-state index < -0.39 is 27.0 Å². The summed E-state index contributed by atoms with van der Waals surface area (Å²) in [5.74, 6) is -1.01. The Hall–Kier alpha value is -4.79. The van der Waals surface area contributed by atoms with Gasteiger partial charge in [-0.3, -0.25) is 5.32 Å². The van der Waals surface area contributed by atoms with Crippen LogP contribution in [0.3, 0.4) is 0 Å². The summed E-state index contributed by atoms with van der Waals surface area (Å²) in [4.78, 5) is 37.4. The third kappa shape index (κ3) is 4.97. The molecule has 0 radical (unpaired) electrons. The maximum atomic E-state index is 13.5. The highest BCUT2D eigenvalue weighted by Crippen LogP contribution is 2.27. The van der Waals surface area contributed by atoms with Gasteiger partial charge in [0.25, 0.3) is 10.0 Å². The Kier molecular flexibility index (Phi) is 6.88. The van der Waals surface area contributed by atoms with Crippen molar-refractivity contribution in [1.82, 2.24) is 29.5 Å². The van der Waals surface area contributed by atoms with Crippen molar-refractivity contribution >= 4 is 38.7 Å². The Morgan fingerprint density at radius 2 is 1.68 bits per heavy atom. The van der Waals surface area contributed by atoms with Crippen molar-refractivity contribution < 1.29 is 32.2 Å². The molecule has 0 aliphatic heterocycles. The quantitative estimate of drug-likeness (QED) is 0.335. The van der Waals surface area contributed by atoms with Gasteiger partial charge >= 0.3 is 12.0 Å². The number of rotatable bonds is 7. The summed E-state index contributed by atoms with van der Waals surface area (Å²) >= 11 is 0. The average molecular weight is 528 g/mol. The van der Waals surface area contributed by atoms with E-state index in [0.29, 0.717) is 5.39 Å². The monoisotopic (exact) mass is 527 g/mol. The van der Waals surface area contributed by atoms with Crippen LogP contribution in [-0.4, -0.2) is 66.5 Å². The van der Waals surface area contributed by atoms with Crippen molar-refractivity contribution in [3.8, 4) is 17.6 Å². The molecule has 0 atom stereocenters. The summed E-state index contributed by atoms with van der Waals surface area (Å²) in [7, 11) is -0.962. The lowest BCUT2D eigenvalue weighted by atomic mass is 10.1. The number of aromatic nitrogens is 5. The van der Waals surface area contributed by atoms with Gasteiger partial charge in [-0.25, -0.2) is 24.0 Å². The summed E-state index contributed by atoms with van der Waals surface area (Å²) in [6, 6.07) is 8.95. The SMILES string of the molecule is COC(=O)c1c(C)nn(-c2nccc3ccccc23)c1S(=O)(=O)NC(=O)Nc1nc(OC)cc(OC)n1. The predicted molar refractivity (Wildman–Crippen MR) is 129 cm³/mol. The summed E-state index contributed by atoms with van der Waals surface area (Å²) in [6.45, 7) is 1.43. The predicted octanol–water partition coefficient (Wildman–Crippen LogP) is 1.83. The number of amides is 2. The van der Waals surface area contributed by atoms with Gasteiger partial charge in [0.15, 0.2) is 10.8 Å². The van der Waals surface area contributed by atoms with Crippen LogP contribution in [0.2, 0.25) is 0 Å². The molecule has 0 bridgehead atoms. The fourth-order valence-electron chi connectivity index (χ4n) is 3.47. The average Bonchev–Trinajstić information content (AvgIpc) is 3.24. The Morgan fingerprint density at radius 1 is 1.00 bits per heavy atom. The second-order valence-electron chi connectivity index (χ2n) is 7.36. The number of benzene rings is 1. The Labute approximate surface area is 210 Å². The van der Waals surface area contributed by atoms with Crippen LogP contribution in [-0.2, 0) is 14.8 Å². The first-order valence-electron chi connectivity index (χ1n) is 10.5. The second kappa shape index (κ2) is 10.1. The molecule has 2 amide bonds. The first kappa shape index (κ1) is 25.3. The number of esters is 1. The summed E-state index contributed by atoms with van der Waals surface area (Å²) in [5.41, 5.74) is -0.319. The number of nitrogens with zero attached hydrogens (tertiary/aromatic N) is 5. The van der Waals surface area contributed by atoms with E-state index in [2.05, 4.69) is 25.4 Å². The minimum absolute atomic E-state index is 0.0447. The number of methoxy groups -OCH3 is 3. The molecule has 37 heavy (non-hydrogen) atoms. The van der Waals surface area contributed by atoms with E-state index in [4.69, 9.17) is 14.2 Å². The molecule has 2 N–H and O–H groups in total. The number of pyridine rings is 1. The molecule has 0 saturated carbocycles. The maximum absolute atomic E-state index is 13.5. The number of aryl methyl sites for hydroxylation is 1. The zero-order chi connectivity index (χ0) is 26.7. The first-order valence-corrected chi connectivity index (χ1v) is 12.0. The molecule has 0 spiro atoms. The van der Waals surface area contributed by atoms with Crippen LogP contribution in [0.5, 0.6) is 11.8 Å². The number of hydrogen-bond acceptors (Lipinski definition) is 11. The van der Waals surface area contributed by atoms with Crippen molar-refractivity contribution in [1.29, 1.82) is 0 Å². The van der Waals surface area contributed by atoms with Crippen LogP contribution in [0.25, 0.3) is 16.6 Å². The van der Waals surface area contributed by atoms with Gasteiger partial charge < -0.3 is 14.2 Å². The van der Waals surface area contributed by atoms with Crippen LogP contribution < -0.4 is 19.5 Å². The van der Waals surface area contributed by atoms with Crippen molar-refractivity contribution in [2.24, 2.45) is 0 Å². The van der Waals surface area contributed by atoms with Gasteiger partial charge in [0.2, 0.25) is 17.7 Å². The largest absolute Gasteiger partial charge is 0.481 e. The van der Waals surface area contributed by atoms with E-state index in [1.807, 2.05) is 4.72 Å². The number of carbonyl (C=O) groups is 2. The van der Waals surface area contributed by atoms with Gasteiger partial charge in [0, 0.05) is 11.6 Å². The number of urea groups is 1. The lowest BCUT2D eigenvalue weighted by molar-refractivity contribution is 0.0595. The van der Waals surface area contributed by atoms with E-state index >= 15 is 0 Å². The lowest BCUT2D eigenvalue weighted by Gasteiger charge is -2.13. The summed E-state index contributed by atoms with van der Waals surface area (Å²) in [6.07, 6.45) is 1.47. The Balaban J connectivity index is 1.79. The molecule has 14 nitrogen and oxygen atoms in total. The Bertz CT molecular complexity index is 1590. The molecule has 4 aromatic rings. The van der Waals surface area contributed by atoms with Crippen molar-refractivity contribution in [3.05, 3.63) is 53.9 Å². The molecule has 4 rings (SSSR count). The van der Waals surface area contributed by atoms with Crippen LogP contribution in [0.15, 0.2) is 47.6 Å². The van der Waals surface area contributed by atoms with Crippen LogP contribution in [0.4, 0.5) is 10.7 Å². The molecule has 192 valence electrons. The number of nitrogens with one attached hydrogen (secondary N) is 2. The molecular weight excluding hydrogens is 506 g/mol. The summed E-state index contributed by atoms with van der Waals surface area (Å²) < 4.78 is 44.7. The first-order chi connectivity index (χ1) is 17.7. The van der Waals surface area contributed by atoms with Crippen LogP contribution in [0.1, 0.15) is 16.1 Å². The van der Waals surface area contributed by atoms with Crippen molar-refractivity contribution in [2.75, 3.05) is 26.6 Å². The fraction of sp³-hybridized carbons (Fsp3) is 0.182. The number of fused-ring (bicyclic) bond motifs is 1. The minimum Gasteiger partial charge on any atom is -0.481 e. The normalized spacial score (nSPS) is 11.1. The molecule has 0 aliphatic rings. The van der Waals surface area contributed by atoms with E-state index in [0.717, 1.165) is 17.2 Å². The van der Waals surface area contributed by atoms with Crippen molar-refractivity contribution in [3.63, 3.8) is 0 Å². The zero-order valence-corrected chi connectivity index (χ0v) is 20.9. The highest BCUT2D eigenvalue weighted by Gasteiger charge is 2.34. The zero-order valence-electron chi connectivity index (χ0n) is 20.0. The number of anilines is 1. The van der Waals surface area contributed by atoms with Gasteiger partial charge in [0.1, 0.15) is 5.56 Å². The third-order valence-electron chi connectivity index (χ3n) is 5.07. The summed E-state index contributed by atoms with van der Waals surface area (Å²) in [5, 5.41) is 7.12. The van der Waals surface area contributed by atoms with Gasteiger partial charge in [-0.05, 0) is 18.4 Å². The van der Waals surface area contributed by atoms with E-state index in [9.17, 15) is 18.0 Å². The van der Waals surface area contributed by atoms with Crippen molar-refractivity contribution in [2.45, 2.75) is 11.9 Å². The topological polar surface area (TPSA) is 177 Å². The minimum atomic E-state index is -4.74. The van der Waals surface area contributed by atoms with Gasteiger partial charge in [-0.15, -0.1) is 0 Å². The smallest absolute Gasteiger partial charge is 0.342 e. The highest BCUT2D eigenvalue weighted by molar-refractivity contribution is 7.90. The van der Waals surface area contributed by atoms with Gasteiger partial charge in [-0.2, -0.15) is 23.5 Å². The van der Waals surface area contributed by atoms with E-state index in [1.54, 1.807) is 30.3 Å². The molecule has 1 aromatic carbocycles. The number of carbonyl (C=O) groups excluding carboxylic acids is 2. The molecule has 3 heterocycles. The highest BCUT2D eigenvalue weighted by atomic mass is 32.2. The molecule has 0 fully saturated rings.